The number of aromatic nitrogens is 2. The molecule has 2 aromatic carbocycles. The van der Waals surface area contributed by atoms with Crippen LogP contribution in [0.1, 0.15) is 11.7 Å². The average Bonchev–Trinajstić information content (AvgIpc) is 3.12. The largest absolute Gasteiger partial charge is 0.388 e. The molecule has 136 valence electrons. The van der Waals surface area contributed by atoms with Crippen LogP contribution in [0.4, 0.5) is 8.78 Å². The molecule has 0 aliphatic heterocycles. The molecule has 0 saturated carbocycles. The first-order valence-electron chi connectivity index (χ1n) is 8.16. The molecule has 7 heteroatoms. The summed E-state index contributed by atoms with van der Waals surface area (Å²) >= 11 is 2.91. The van der Waals surface area contributed by atoms with Crippen LogP contribution in [0.25, 0.3) is 21.3 Å². The van der Waals surface area contributed by atoms with Gasteiger partial charge >= 0.3 is 0 Å². The summed E-state index contributed by atoms with van der Waals surface area (Å²) in [5, 5.41) is 14.0. The highest BCUT2D eigenvalue weighted by atomic mass is 32.2. The standard InChI is InChI=1S/C20H14F2N2OS2/c21-14-5-1-12(2-6-14)16-9-26-19-18(16)20(24-11-23-19)27-10-17(25)13-3-7-15(22)8-4-13/h1-9,11,17,25H,10H2. The van der Waals surface area contributed by atoms with E-state index < -0.39 is 6.10 Å². The number of hydrogen-bond acceptors (Lipinski definition) is 5. The van der Waals surface area contributed by atoms with Gasteiger partial charge in [-0.3, -0.25) is 0 Å². The maximum Gasteiger partial charge on any atom is 0.128 e. The van der Waals surface area contributed by atoms with Gasteiger partial charge in [-0.05, 0) is 35.4 Å². The number of halogens is 2. The Hall–Kier alpha value is -2.35. The van der Waals surface area contributed by atoms with Crippen LogP contribution in [0.2, 0.25) is 0 Å². The average molecular weight is 400 g/mol. The molecular weight excluding hydrogens is 386 g/mol. The minimum Gasteiger partial charge on any atom is -0.388 e. The molecule has 0 saturated heterocycles. The summed E-state index contributed by atoms with van der Waals surface area (Å²) < 4.78 is 26.3. The SMILES string of the molecule is OC(CSc1ncnc2scc(-c3ccc(F)cc3)c12)c1ccc(F)cc1. The number of nitrogens with zero attached hydrogens (tertiary/aromatic N) is 2. The molecule has 2 aromatic heterocycles. The van der Waals surface area contributed by atoms with Gasteiger partial charge in [-0.1, -0.05) is 24.3 Å². The predicted octanol–water partition coefficient (Wildman–Crippen LogP) is 5.46. The lowest BCUT2D eigenvalue weighted by molar-refractivity contribution is 0.204. The van der Waals surface area contributed by atoms with Gasteiger partial charge in [-0.25, -0.2) is 18.7 Å². The molecule has 0 aliphatic carbocycles. The molecule has 4 rings (SSSR count). The van der Waals surface area contributed by atoms with Crippen molar-refractivity contribution in [1.82, 2.24) is 9.97 Å². The summed E-state index contributed by atoms with van der Waals surface area (Å²) in [7, 11) is 0. The third-order valence-corrected chi connectivity index (χ3v) is 6.08. The Labute approximate surface area is 162 Å². The van der Waals surface area contributed by atoms with E-state index in [0.717, 1.165) is 26.4 Å². The van der Waals surface area contributed by atoms with Crippen molar-refractivity contribution in [2.75, 3.05) is 5.75 Å². The van der Waals surface area contributed by atoms with Crippen LogP contribution in [-0.2, 0) is 0 Å². The van der Waals surface area contributed by atoms with E-state index in [4.69, 9.17) is 0 Å². The second-order valence-electron chi connectivity index (χ2n) is 5.89. The molecule has 1 N–H and O–H groups in total. The van der Waals surface area contributed by atoms with Crippen molar-refractivity contribution in [3.05, 3.63) is 77.4 Å². The van der Waals surface area contributed by atoms with E-state index in [2.05, 4.69) is 9.97 Å². The lowest BCUT2D eigenvalue weighted by Gasteiger charge is -2.11. The van der Waals surface area contributed by atoms with E-state index in [1.54, 1.807) is 24.3 Å². The van der Waals surface area contributed by atoms with E-state index in [1.165, 1.54) is 53.7 Å². The van der Waals surface area contributed by atoms with Gasteiger partial charge in [0, 0.05) is 16.7 Å². The van der Waals surface area contributed by atoms with Crippen LogP contribution in [0, 0.1) is 11.6 Å². The molecule has 1 atom stereocenters. The van der Waals surface area contributed by atoms with Crippen LogP contribution in [0.15, 0.2) is 65.3 Å². The van der Waals surface area contributed by atoms with Crippen molar-refractivity contribution in [3.8, 4) is 11.1 Å². The summed E-state index contributed by atoms with van der Waals surface area (Å²) in [5.74, 6) is -0.249. The van der Waals surface area contributed by atoms with Crippen molar-refractivity contribution >= 4 is 33.3 Å². The third kappa shape index (κ3) is 3.85. The smallest absolute Gasteiger partial charge is 0.128 e. The molecule has 3 nitrogen and oxygen atoms in total. The first-order chi connectivity index (χ1) is 13.1. The Morgan fingerprint density at radius 1 is 0.963 bits per heavy atom. The predicted molar refractivity (Wildman–Crippen MR) is 105 cm³/mol. The van der Waals surface area contributed by atoms with E-state index >= 15 is 0 Å². The molecule has 4 aromatic rings. The third-order valence-electron chi connectivity index (χ3n) is 4.12. The Balaban J connectivity index is 1.62. The van der Waals surface area contributed by atoms with Crippen molar-refractivity contribution in [2.45, 2.75) is 11.1 Å². The van der Waals surface area contributed by atoms with Crippen molar-refractivity contribution in [3.63, 3.8) is 0 Å². The second kappa shape index (κ2) is 7.72. The monoisotopic (exact) mass is 400 g/mol. The number of aliphatic hydroxyl groups excluding tert-OH is 1. The number of rotatable bonds is 5. The topological polar surface area (TPSA) is 46.0 Å². The quantitative estimate of drug-likeness (QED) is 0.357. The van der Waals surface area contributed by atoms with Crippen molar-refractivity contribution < 1.29 is 13.9 Å². The molecule has 0 fully saturated rings. The second-order valence-corrected chi connectivity index (χ2v) is 7.76. The highest BCUT2D eigenvalue weighted by Gasteiger charge is 2.16. The Morgan fingerprint density at radius 3 is 2.33 bits per heavy atom. The van der Waals surface area contributed by atoms with Gasteiger partial charge < -0.3 is 5.11 Å². The Kier molecular flexibility index (Phi) is 5.15. The van der Waals surface area contributed by atoms with Crippen LogP contribution in [0.5, 0.6) is 0 Å². The molecule has 0 radical (unpaired) electrons. The molecule has 0 bridgehead atoms. The molecule has 0 spiro atoms. The highest BCUT2D eigenvalue weighted by Crippen LogP contribution is 2.38. The normalized spacial score (nSPS) is 12.4. The minimum atomic E-state index is -0.742. The van der Waals surface area contributed by atoms with Gasteiger partial charge in [0.05, 0.1) is 11.5 Å². The molecule has 0 amide bonds. The first-order valence-corrected chi connectivity index (χ1v) is 10.0. The maximum atomic E-state index is 13.2. The van der Waals surface area contributed by atoms with Gasteiger partial charge in [-0.2, -0.15) is 0 Å². The van der Waals surface area contributed by atoms with Gasteiger partial charge in [-0.15, -0.1) is 23.1 Å². The fourth-order valence-corrected chi connectivity index (χ4v) is 4.70. The zero-order valence-corrected chi connectivity index (χ0v) is 15.6. The number of fused-ring (bicyclic) bond motifs is 1. The molecule has 27 heavy (non-hydrogen) atoms. The summed E-state index contributed by atoms with van der Waals surface area (Å²) in [4.78, 5) is 9.53. The Bertz CT molecular complexity index is 1070. The summed E-state index contributed by atoms with van der Waals surface area (Å²) in [6, 6.07) is 12.1. The summed E-state index contributed by atoms with van der Waals surface area (Å²) in [6.45, 7) is 0. The molecular formula is C20H14F2N2OS2. The fourth-order valence-electron chi connectivity index (χ4n) is 2.74. The Morgan fingerprint density at radius 2 is 1.63 bits per heavy atom. The van der Waals surface area contributed by atoms with Crippen LogP contribution in [-0.4, -0.2) is 20.8 Å². The van der Waals surface area contributed by atoms with E-state index in [-0.39, 0.29) is 11.6 Å². The van der Waals surface area contributed by atoms with E-state index in [1.807, 2.05) is 5.38 Å². The van der Waals surface area contributed by atoms with Crippen LogP contribution in [0.3, 0.4) is 0 Å². The lowest BCUT2D eigenvalue weighted by atomic mass is 10.1. The van der Waals surface area contributed by atoms with Crippen molar-refractivity contribution in [2.24, 2.45) is 0 Å². The molecule has 0 aliphatic rings. The van der Waals surface area contributed by atoms with Gasteiger partial charge in [0.25, 0.3) is 0 Å². The number of thiophene rings is 1. The number of hydrogen-bond donors (Lipinski definition) is 1. The molecule has 1 unspecified atom stereocenters. The van der Waals surface area contributed by atoms with E-state index in [9.17, 15) is 13.9 Å². The van der Waals surface area contributed by atoms with Crippen LogP contribution < -0.4 is 0 Å². The summed E-state index contributed by atoms with van der Waals surface area (Å²) in [6.07, 6.45) is 0.758. The van der Waals surface area contributed by atoms with Gasteiger partial charge in [0.1, 0.15) is 27.8 Å². The first kappa shape index (κ1) is 18.0. The van der Waals surface area contributed by atoms with Gasteiger partial charge in [0.2, 0.25) is 0 Å². The number of benzene rings is 2. The van der Waals surface area contributed by atoms with E-state index in [0.29, 0.717) is 11.3 Å². The lowest BCUT2D eigenvalue weighted by Crippen LogP contribution is -2.01. The maximum absolute atomic E-state index is 13.2. The summed E-state index contributed by atoms with van der Waals surface area (Å²) in [5.41, 5.74) is 2.48. The molecule has 2 heterocycles. The number of aliphatic hydroxyl groups is 1. The zero-order valence-electron chi connectivity index (χ0n) is 14.0. The zero-order chi connectivity index (χ0) is 18.8. The number of thioether (sulfide) groups is 1. The van der Waals surface area contributed by atoms with Crippen LogP contribution >= 0.6 is 23.1 Å². The highest BCUT2D eigenvalue weighted by molar-refractivity contribution is 7.99. The van der Waals surface area contributed by atoms with Gasteiger partial charge in [0.15, 0.2) is 0 Å². The van der Waals surface area contributed by atoms with Crippen molar-refractivity contribution in [1.29, 1.82) is 0 Å². The fraction of sp³-hybridized carbons (Fsp3) is 0.100. The minimum absolute atomic E-state index is 0.286.